The maximum Gasteiger partial charge on any atom is 0.262 e. The van der Waals surface area contributed by atoms with Crippen LogP contribution in [0.3, 0.4) is 0 Å². The van der Waals surface area contributed by atoms with Crippen LogP contribution >= 0.6 is 11.6 Å². The predicted octanol–water partition coefficient (Wildman–Crippen LogP) is 5.30. The SMILES string of the molecule is O=C1CCC(N2C(=O)c3ccc(N4CCN(C(=O)Cc5ccc(Nc6ncc(F)c(Nc7ccc(C(=O)Nc8ccccc8Cl)cc7)n6)cc5)CC4)cc3C2=O)C(=O)N1. The Morgan fingerprint density at radius 2 is 1.53 bits per heavy atom. The second-order valence-electron chi connectivity index (χ2n) is 14.1. The van der Waals surface area contributed by atoms with Gasteiger partial charge in [-0.1, -0.05) is 35.9 Å². The van der Waals surface area contributed by atoms with Gasteiger partial charge in [-0.15, -0.1) is 0 Å². The highest BCUT2D eigenvalue weighted by molar-refractivity contribution is 6.34. The van der Waals surface area contributed by atoms with Crippen LogP contribution in [0.15, 0.2) is 97.2 Å². The quantitative estimate of drug-likeness (QED) is 0.134. The van der Waals surface area contributed by atoms with Gasteiger partial charge in [0.05, 0.1) is 34.5 Å². The van der Waals surface area contributed by atoms with Crippen LogP contribution in [0, 0.1) is 5.82 Å². The molecule has 3 aliphatic heterocycles. The number of piperazine rings is 1. The molecule has 2 fully saturated rings. The molecule has 17 heteroatoms. The molecule has 15 nitrogen and oxygen atoms in total. The largest absolute Gasteiger partial charge is 0.368 e. The van der Waals surface area contributed by atoms with Gasteiger partial charge in [-0.3, -0.25) is 39.0 Å². The lowest BCUT2D eigenvalue weighted by Gasteiger charge is -2.36. The van der Waals surface area contributed by atoms with E-state index < -0.39 is 35.5 Å². The molecule has 4 aromatic carbocycles. The lowest BCUT2D eigenvalue weighted by molar-refractivity contribution is -0.136. The second kappa shape index (κ2) is 16.3. The Morgan fingerprint density at radius 1 is 0.831 bits per heavy atom. The molecule has 298 valence electrons. The number of nitrogens with zero attached hydrogens (tertiary/aromatic N) is 5. The molecule has 1 aromatic heterocycles. The zero-order valence-corrected chi connectivity index (χ0v) is 32.0. The van der Waals surface area contributed by atoms with Crippen molar-refractivity contribution >= 4 is 81.6 Å². The molecule has 4 heterocycles. The summed E-state index contributed by atoms with van der Waals surface area (Å²) < 4.78 is 14.7. The fraction of sp³-hybridized carbons (Fsp3) is 0.190. The smallest absolute Gasteiger partial charge is 0.262 e. The molecule has 6 amide bonds. The Morgan fingerprint density at radius 3 is 2.25 bits per heavy atom. The maximum absolute atomic E-state index is 14.7. The van der Waals surface area contributed by atoms with Gasteiger partial charge in [0.15, 0.2) is 11.6 Å². The van der Waals surface area contributed by atoms with Crippen LogP contribution in [0.25, 0.3) is 0 Å². The minimum Gasteiger partial charge on any atom is -0.368 e. The molecular weight excluding hydrogens is 781 g/mol. The summed E-state index contributed by atoms with van der Waals surface area (Å²) in [5, 5.41) is 11.3. The summed E-state index contributed by atoms with van der Waals surface area (Å²) in [5.41, 5.74) is 3.91. The molecule has 0 aliphatic carbocycles. The number of fused-ring (bicyclic) bond motifs is 1. The number of amides is 6. The van der Waals surface area contributed by atoms with E-state index in [1.807, 2.05) is 17.0 Å². The van der Waals surface area contributed by atoms with Gasteiger partial charge in [0.25, 0.3) is 17.7 Å². The van der Waals surface area contributed by atoms with Gasteiger partial charge < -0.3 is 25.8 Å². The summed E-state index contributed by atoms with van der Waals surface area (Å²) in [5.74, 6) is -3.24. The summed E-state index contributed by atoms with van der Waals surface area (Å²) in [7, 11) is 0. The summed E-state index contributed by atoms with van der Waals surface area (Å²) in [6, 6.07) is 24.4. The van der Waals surface area contributed by atoms with Gasteiger partial charge in [0.1, 0.15) is 6.04 Å². The zero-order chi connectivity index (χ0) is 41.2. The van der Waals surface area contributed by atoms with Gasteiger partial charge in [0.2, 0.25) is 23.7 Å². The number of carbonyl (C=O) groups is 6. The van der Waals surface area contributed by atoms with E-state index >= 15 is 0 Å². The molecule has 3 aliphatic rings. The first-order chi connectivity index (χ1) is 28.5. The van der Waals surface area contributed by atoms with Crippen molar-refractivity contribution in [1.82, 2.24) is 25.1 Å². The third kappa shape index (κ3) is 8.29. The van der Waals surface area contributed by atoms with Gasteiger partial charge in [0, 0.05) is 55.2 Å². The van der Waals surface area contributed by atoms with E-state index in [0.717, 1.165) is 22.3 Å². The lowest BCUT2D eigenvalue weighted by atomic mass is 10.0. The average Bonchev–Trinajstić information content (AvgIpc) is 3.48. The third-order valence-corrected chi connectivity index (χ3v) is 10.6. The van der Waals surface area contributed by atoms with E-state index in [0.29, 0.717) is 53.8 Å². The van der Waals surface area contributed by atoms with Crippen LogP contribution in [-0.4, -0.2) is 87.4 Å². The zero-order valence-electron chi connectivity index (χ0n) is 31.2. The van der Waals surface area contributed by atoms with Crippen LogP contribution in [-0.2, 0) is 20.8 Å². The van der Waals surface area contributed by atoms with Crippen molar-refractivity contribution in [3.8, 4) is 0 Å². The van der Waals surface area contributed by atoms with Crippen molar-refractivity contribution < 1.29 is 33.2 Å². The molecule has 59 heavy (non-hydrogen) atoms. The number of aromatic nitrogens is 2. The van der Waals surface area contributed by atoms with Crippen LogP contribution in [0.4, 0.5) is 38.9 Å². The first kappa shape index (κ1) is 38.7. The first-order valence-electron chi connectivity index (χ1n) is 18.7. The minimum absolute atomic E-state index is 0.0454. The molecule has 0 saturated carbocycles. The molecule has 0 spiro atoms. The number of rotatable bonds is 10. The van der Waals surface area contributed by atoms with Gasteiger partial charge >= 0.3 is 0 Å². The topological polar surface area (TPSA) is 186 Å². The summed E-state index contributed by atoms with van der Waals surface area (Å²) in [6.45, 7) is 1.92. The molecule has 5 aromatic rings. The number of para-hydroxylation sites is 1. The number of piperidine rings is 1. The molecule has 8 rings (SSSR count). The maximum atomic E-state index is 14.7. The Bertz CT molecular complexity index is 2510. The van der Waals surface area contributed by atoms with Crippen molar-refractivity contribution in [2.75, 3.05) is 47.0 Å². The normalized spacial score (nSPS) is 16.4. The monoisotopic (exact) mass is 815 g/mol. The van der Waals surface area contributed by atoms with E-state index in [9.17, 15) is 33.2 Å². The molecule has 0 radical (unpaired) electrons. The average molecular weight is 816 g/mol. The summed E-state index contributed by atoms with van der Waals surface area (Å²) in [6.07, 6.45) is 1.34. The highest BCUT2D eigenvalue weighted by Crippen LogP contribution is 2.31. The summed E-state index contributed by atoms with van der Waals surface area (Å²) >= 11 is 6.14. The van der Waals surface area contributed by atoms with Gasteiger partial charge in [-0.25, -0.2) is 9.37 Å². The second-order valence-corrected chi connectivity index (χ2v) is 14.5. The van der Waals surface area contributed by atoms with Crippen molar-refractivity contribution in [3.05, 3.63) is 130 Å². The van der Waals surface area contributed by atoms with Crippen LogP contribution in [0.5, 0.6) is 0 Å². The highest BCUT2D eigenvalue weighted by atomic mass is 35.5. The number of carbonyl (C=O) groups excluding carboxylic acids is 6. The Kier molecular flexibility index (Phi) is 10.7. The van der Waals surface area contributed by atoms with Crippen LogP contribution in [0.2, 0.25) is 5.02 Å². The van der Waals surface area contributed by atoms with Crippen LogP contribution in [0.1, 0.15) is 49.5 Å². The number of hydrogen-bond acceptors (Lipinski definition) is 11. The number of anilines is 6. The van der Waals surface area contributed by atoms with E-state index in [1.54, 1.807) is 83.8 Å². The fourth-order valence-electron chi connectivity index (χ4n) is 7.10. The van der Waals surface area contributed by atoms with Crippen molar-refractivity contribution in [3.63, 3.8) is 0 Å². The minimum atomic E-state index is -1.03. The number of halogens is 2. The van der Waals surface area contributed by atoms with E-state index in [1.165, 1.54) is 0 Å². The predicted molar refractivity (Wildman–Crippen MR) is 216 cm³/mol. The molecule has 1 atom stereocenters. The Labute approximate surface area is 341 Å². The van der Waals surface area contributed by atoms with Gasteiger partial charge in [-0.05, 0) is 78.7 Å². The third-order valence-electron chi connectivity index (χ3n) is 10.3. The fourth-order valence-corrected chi connectivity index (χ4v) is 7.29. The number of benzene rings is 4. The Hall–Kier alpha value is -7.20. The van der Waals surface area contributed by atoms with Crippen molar-refractivity contribution in [1.29, 1.82) is 0 Å². The molecule has 0 bridgehead atoms. The molecule has 2 saturated heterocycles. The number of nitrogens with one attached hydrogen (secondary N) is 4. The van der Waals surface area contributed by atoms with E-state index in [4.69, 9.17) is 11.6 Å². The van der Waals surface area contributed by atoms with Crippen molar-refractivity contribution in [2.24, 2.45) is 0 Å². The van der Waals surface area contributed by atoms with E-state index in [-0.39, 0.29) is 54.0 Å². The number of hydrogen-bond donors (Lipinski definition) is 4. The van der Waals surface area contributed by atoms with Crippen molar-refractivity contribution in [2.45, 2.75) is 25.3 Å². The Balaban J connectivity index is 0.824. The molecular formula is C42H35ClFN9O6. The van der Waals surface area contributed by atoms with Gasteiger partial charge in [-0.2, -0.15) is 4.98 Å². The van der Waals surface area contributed by atoms with Crippen LogP contribution < -0.4 is 26.2 Å². The lowest BCUT2D eigenvalue weighted by Crippen LogP contribution is -2.54. The van der Waals surface area contributed by atoms with E-state index in [2.05, 4.69) is 31.2 Å². The summed E-state index contributed by atoms with van der Waals surface area (Å²) in [4.78, 5) is 89.4. The molecule has 4 N–H and O–H groups in total. The first-order valence-corrected chi connectivity index (χ1v) is 19.1. The standard InChI is InChI=1S/C42H35ClFN9O6/c43-31-3-1-2-4-33(31)48-38(56)25-7-11-26(12-8-25)46-37-32(44)23-45-42(50-37)47-27-9-5-24(6-10-27)21-36(55)52-19-17-51(18-20-52)28-13-14-29-30(22-28)41(59)53(40(29)58)34-15-16-35(54)49-39(34)57/h1-14,22-23,34H,15-21H2,(H,48,56)(H,49,54,57)(H2,45,46,47,50). The highest BCUT2D eigenvalue weighted by Gasteiger charge is 2.44. The molecule has 1 unspecified atom stereocenters. The number of imide groups is 2.